The summed E-state index contributed by atoms with van der Waals surface area (Å²) in [6.45, 7) is 0. The SMILES string of the molecule is O=C(Nc1cnc(-n2nccn2)c(Cl)c1)c1snc(-c2ncccc2Cl)c1C(F)(F)F. The maximum atomic E-state index is 13.8. The number of halogens is 5. The van der Waals surface area contributed by atoms with Gasteiger partial charge in [-0.25, -0.2) is 4.98 Å². The average Bonchev–Trinajstić information content (AvgIpc) is 3.38. The molecule has 4 aromatic heterocycles. The van der Waals surface area contributed by atoms with Crippen LogP contribution < -0.4 is 5.32 Å². The molecule has 1 amide bonds. The van der Waals surface area contributed by atoms with Crippen molar-refractivity contribution in [2.75, 3.05) is 5.32 Å². The van der Waals surface area contributed by atoms with E-state index < -0.39 is 28.2 Å². The Labute approximate surface area is 185 Å². The van der Waals surface area contributed by atoms with Crippen LogP contribution in [-0.4, -0.2) is 35.2 Å². The molecule has 0 fully saturated rings. The van der Waals surface area contributed by atoms with Crippen molar-refractivity contribution in [3.63, 3.8) is 0 Å². The molecule has 31 heavy (non-hydrogen) atoms. The number of aromatic nitrogens is 6. The Morgan fingerprint density at radius 1 is 1.06 bits per heavy atom. The summed E-state index contributed by atoms with van der Waals surface area (Å²) < 4.78 is 45.2. The molecule has 0 aliphatic carbocycles. The van der Waals surface area contributed by atoms with Crippen molar-refractivity contribution in [3.8, 4) is 17.2 Å². The van der Waals surface area contributed by atoms with Gasteiger partial charge in [-0.1, -0.05) is 23.2 Å². The number of pyridine rings is 2. The molecule has 8 nitrogen and oxygen atoms in total. The summed E-state index contributed by atoms with van der Waals surface area (Å²) in [7, 11) is 0. The normalized spacial score (nSPS) is 11.5. The Morgan fingerprint density at radius 2 is 1.81 bits per heavy atom. The van der Waals surface area contributed by atoms with E-state index in [0.717, 1.165) is 4.80 Å². The second-order valence-electron chi connectivity index (χ2n) is 5.87. The number of alkyl halides is 3. The smallest absolute Gasteiger partial charge is 0.320 e. The first-order valence-corrected chi connectivity index (χ1v) is 9.80. The summed E-state index contributed by atoms with van der Waals surface area (Å²) in [5.41, 5.74) is -1.85. The van der Waals surface area contributed by atoms with Gasteiger partial charge in [0.15, 0.2) is 5.82 Å². The lowest BCUT2D eigenvalue weighted by Gasteiger charge is -2.11. The number of carbonyl (C=O) groups is 1. The van der Waals surface area contributed by atoms with Crippen LogP contribution in [0.3, 0.4) is 0 Å². The van der Waals surface area contributed by atoms with Gasteiger partial charge in [-0.15, -0.1) is 4.80 Å². The van der Waals surface area contributed by atoms with E-state index in [1.807, 2.05) is 0 Å². The van der Waals surface area contributed by atoms with Crippen LogP contribution in [0.1, 0.15) is 15.2 Å². The maximum Gasteiger partial charge on any atom is 0.420 e. The van der Waals surface area contributed by atoms with Crippen molar-refractivity contribution in [2.24, 2.45) is 0 Å². The van der Waals surface area contributed by atoms with E-state index in [0.29, 0.717) is 11.5 Å². The van der Waals surface area contributed by atoms with E-state index in [2.05, 4.69) is 29.9 Å². The monoisotopic (exact) mass is 485 g/mol. The first-order valence-electron chi connectivity index (χ1n) is 8.27. The van der Waals surface area contributed by atoms with Crippen LogP contribution in [0.2, 0.25) is 10.0 Å². The zero-order valence-electron chi connectivity index (χ0n) is 14.9. The number of nitrogens with zero attached hydrogens (tertiary/aromatic N) is 6. The lowest BCUT2D eigenvalue weighted by atomic mass is 10.1. The van der Waals surface area contributed by atoms with E-state index in [1.54, 1.807) is 0 Å². The molecule has 158 valence electrons. The summed E-state index contributed by atoms with van der Waals surface area (Å²) in [6, 6.07) is 4.17. The molecule has 0 bridgehead atoms. The highest BCUT2D eigenvalue weighted by Crippen LogP contribution is 2.42. The minimum atomic E-state index is -4.87. The molecule has 0 aliphatic heterocycles. The van der Waals surface area contributed by atoms with Gasteiger partial charge in [0.2, 0.25) is 0 Å². The highest BCUT2D eigenvalue weighted by molar-refractivity contribution is 7.08. The predicted octanol–water partition coefficient (Wildman–Crippen LogP) is 4.76. The standard InChI is InChI=1S/C17H8Cl2F3N7OS/c18-9-2-1-3-23-12(9)13-11(17(20,21)22)14(31-28-13)16(30)27-8-6-10(19)15(24-7-8)29-25-4-5-26-29/h1-7H,(H,27,30). The largest absolute Gasteiger partial charge is 0.420 e. The van der Waals surface area contributed by atoms with Gasteiger partial charge in [0, 0.05) is 6.20 Å². The number of carbonyl (C=O) groups excluding carboxylic acids is 1. The third-order valence-electron chi connectivity index (χ3n) is 3.85. The van der Waals surface area contributed by atoms with Crippen LogP contribution in [0.5, 0.6) is 0 Å². The Morgan fingerprint density at radius 3 is 2.45 bits per heavy atom. The van der Waals surface area contributed by atoms with E-state index in [9.17, 15) is 18.0 Å². The Kier molecular flexibility index (Phi) is 5.60. The molecule has 4 aromatic rings. The predicted molar refractivity (Wildman–Crippen MR) is 107 cm³/mol. The van der Waals surface area contributed by atoms with Crippen LogP contribution in [0, 0.1) is 0 Å². The third-order valence-corrected chi connectivity index (χ3v) is 5.28. The van der Waals surface area contributed by atoms with E-state index in [-0.39, 0.29) is 27.2 Å². The molecule has 0 radical (unpaired) electrons. The summed E-state index contributed by atoms with van der Waals surface area (Å²) in [5.74, 6) is -0.850. The molecule has 1 N–H and O–H groups in total. The molecule has 4 heterocycles. The summed E-state index contributed by atoms with van der Waals surface area (Å²) in [4.78, 5) is 21.0. The van der Waals surface area contributed by atoms with Crippen molar-refractivity contribution < 1.29 is 18.0 Å². The Bertz CT molecular complexity index is 1260. The van der Waals surface area contributed by atoms with Crippen LogP contribution in [0.4, 0.5) is 18.9 Å². The zero-order chi connectivity index (χ0) is 22.2. The Balaban J connectivity index is 1.68. The second-order valence-corrected chi connectivity index (χ2v) is 7.46. The minimum Gasteiger partial charge on any atom is -0.320 e. The topological polar surface area (TPSA) is 98.5 Å². The number of hydrogen-bond donors (Lipinski definition) is 1. The van der Waals surface area contributed by atoms with Crippen molar-refractivity contribution in [3.05, 3.63) is 63.5 Å². The van der Waals surface area contributed by atoms with Gasteiger partial charge in [-0.2, -0.15) is 27.7 Å². The van der Waals surface area contributed by atoms with Gasteiger partial charge in [0.25, 0.3) is 5.91 Å². The maximum absolute atomic E-state index is 13.8. The van der Waals surface area contributed by atoms with E-state index in [4.69, 9.17) is 23.2 Å². The quantitative estimate of drug-likeness (QED) is 0.447. The number of hydrogen-bond acceptors (Lipinski definition) is 7. The Hall–Kier alpha value is -3.09. The van der Waals surface area contributed by atoms with Crippen LogP contribution in [0.25, 0.3) is 17.2 Å². The summed E-state index contributed by atoms with van der Waals surface area (Å²) in [5, 5.41) is 10.2. The molecular formula is C17H8Cl2F3N7OS. The minimum absolute atomic E-state index is 0.0240. The fraction of sp³-hybridized carbons (Fsp3) is 0.0588. The number of nitrogens with one attached hydrogen (secondary N) is 1. The average molecular weight is 486 g/mol. The molecule has 0 atom stereocenters. The van der Waals surface area contributed by atoms with Crippen LogP contribution in [0.15, 0.2) is 43.0 Å². The van der Waals surface area contributed by atoms with Gasteiger partial charge < -0.3 is 5.32 Å². The van der Waals surface area contributed by atoms with E-state index >= 15 is 0 Å². The molecule has 0 aliphatic rings. The van der Waals surface area contributed by atoms with Crippen LogP contribution >= 0.6 is 34.7 Å². The van der Waals surface area contributed by atoms with E-state index in [1.165, 1.54) is 43.0 Å². The number of anilines is 1. The van der Waals surface area contributed by atoms with Gasteiger partial charge in [-0.05, 0) is 29.7 Å². The van der Waals surface area contributed by atoms with Crippen molar-refractivity contribution in [2.45, 2.75) is 6.18 Å². The number of amides is 1. The highest BCUT2D eigenvalue weighted by atomic mass is 35.5. The third kappa shape index (κ3) is 4.22. The molecule has 0 unspecified atom stereocenters. The number of rotatable bonds is 4. The van der Waals surface area contributed by atoms with Gasteiger partial charge >= 0.3 is 6.18 Å². The molecule has 0 aromatic carbocycles. The first-order chi connectivity index (χ1) is 14.8. The molecule has 14 heteroatoms. The zero-order valence-corrected chi connectivity index (χ0v) is 17.3. The van der Waals surface area contributed by atoms with Crippen molar-refractivity contribution >= 4 is 46.3 Å². The fourth-order valence-corrected chi connectivity index (χ4v) is 3.84. The first kappa shape index (κ1) is 21.2. The summed E-state index contributed by atoms with van der Waals surface area (Å²) in [6.07, 6.45) is 0.460. The van der Waals surface area contributed by atoms with Gasteiger partial charge in [0.1, 0.15) is 21.8 Å². The van der Waals surface area contributed by atoms with Gasteiger partial charge in [-0.3, -0.25) is 9.78 Å². The lowest BCUT2D eigenvalue weighted by Crippen LogP contribution is -2.17. The molecule has 0 spiro atoms. The van der Waals surface area contributed by atoms with Gasteiger partial charge in [0.05, 0.1) is 34.3 Å². The molecular weight excluding hydrogens is 478 g/mol. The summed E-state index contributed by atoms with van der Waals surface area (Å²) >= 11 is 12.5. The highest BCUT2D eigenvalue weighted by Gasteiger charge is 2.42. The lowest BCUT2D eigenvalue weighted by molar-refractivity contribution is -0.137. The van der Waals surface area contributed by atoms with Crippen LogP contribution in [-0.2, 0) is 6.18 Å². The second kappa shape index (κ2) is 8.21. The molecule has 4 rings (SSSR count). The fourth-order valence-electron chi connectivity index (χ4n) is 2.59. The van der Waals surface area contributed by atoms with Crippen molar-refractivity contribution in [1.29, 1.82) is 0 Å². The molecule has 0 saturated carbocycles. The van der Waals surface area contributed by atoms with Crippen molar-refractivity contribution in [1.82, 2.24) is 29.3 Å². The molecule has 0 saturated heterocycles.